The summed E-state index contributed by atoms with van der Waals surface area (Å²) in [4.78, 5) is 8.33. The molecule has 0 unspecified atom stereocenters. The molecule has 14 heavy (non-hydrogen) atoms. The fraction of sp³-hybridized carbons (Fsp3) is 0.556. The molecule has 0 atom stereocenters. The van der Waals surface area contributed by atoms with Gasteiger partial charge in [-0.25, -0.2) is 9.97 Å². The van der Waals surface area contributed by atoms with Gasteiger partial charge >= 0.3 is 0 Å². The quantitative estimate of drug-likeness (QED) is 0.326. The summed E-state index contributed by atoms with van der Waals surface area (Å²) in [5.74, 6) is 1.41. The van der Waals surface area contributed by atoms with Crippen molar-refractivity contribution in [1.29, 1.82) is 0 Å². The van der Waals surface area contributed by atoms with E-state index in [-0.39, 0.29) is 0 Å². The minimum absolute atomic E-state index is 0.547. The molecule has 0 saturated heterocycles. The lowest BCUT2D eigenvalue weighted by molar-refractivity contribution is 0.166. The molecule has 0 fully saturated rings. The Balaban J connectivity index is 2.15. The number of hydrogen-bond acceptors (Lipinski definition) is 4. The van der Waals surface area contributed by atoms with Crippen LogP contribution >= 0.6 is 23.4 Å². The van der Waals surface area contributed by atoms with Crippen molar-refractivity contribution in [3.63, 3.8) is 0 Å². The van der Waals surface area contributed by atoms with Gasteiger partial charge < -0.3 is 4.74 Å². The van der Waals surface area contributed by atoms with E-state index in [2.05, 4.69) is 9.97 Å². The van der Waals surface area contributed by atoms with Gasteiger partial charge in [-0.15, -0.1) is 11.6 Å². The van der Waals surface area contributed by atoms with E-state index in [1.807, 2.05) is 19.3 Å². The zero-order chi connectivity index (χ0) is 10.2. The minimum atomic E-state index is 0.547. The average Bonchev–Trinajstić information content (AvgIpc) is 2.21. The number of nitrogens with zero attached hydrogens (tertiary/aromatic N) is 2. The first-order chi connectivity index (χ1) is 6.83. The largest absolute Gasteiger partial charge is 0.379 e. The van der Waals surface area contributed by atoms with Crippen molar-refractivity contribution < 1.29 is 4.74 Å². The molecule has 0 saturated carbocycles. The number of hydrogen-bond donors (Lipinski definition) is 0. The molecular weight excluding hydrogens is 220 g/mol. The first kappa shape index (κ1) is 11.8. The summed E-state index contributed by atoms with van der Waals surface area (Å²) in [6, 6.07) is 0. The summed E-state index contributed by atoms with van der Waals surface area (Å²) >= 11 is 7.05. The van der Waals surface area contributed by atoms with Gasteiger partial charge in [-0.1, -0.05) is 11.8 Å². The van der Waals surface area contributed by atoms with Crippen LogP contribution in [-0.4, -0.2) is 34.8 Å². The lowest BCUT2D eigenvalue weighted by atomic mass is 10.4. The zero-order valence-electron chi connectivity index (χ0n) is 8.07. The zero-order valence-corrected chi connectivity index (χ0v) is 9.64. The van der Waals surface area contributed by atoms with E-state index >= 15 is 0 Å². The van der Waals surface area contributed by atoms with Crippen LogP contribution in [0.4, 0.5) is 0 Å². The highest BCUT2D eigenvalue weighted by Crippen LogP contribution is 2.11. The number of aryl methyl sites for hydroxylation is 1. The highest BCUT2D eigenvalue weighted by atomic mass is 35.5. The summed E-state index contributed by atoms with van der Waals surface area (Å²) in [5, 5.41) is 0.796. The molecular formula is C9H13ClN2OS. The fourth-order valence-electron chi connectivity index (χ4n) is 0.804. The smallest absolute Gasteiger partial charge is 0.187 e. The molecule has 1 aromatic rings. The minimum Gasteiger partial charge on any atom is -0.379 e. The Hall–Kier alpha value is -0.320. The maximum atomic E-state index is 5.46. The number of aromatic nitrogens is 2. The molecule has 0 N–H and O–H groups in total. The van der Waals surface area contributed by atoms with Crippen molar-refractivity contribution >= 4 is 23.4 Å². The molecule has 0 radical (unpaired) electrons. The summed E-state index contributed by atoms with van der Waals surface area (Å²) in [6.45, 7) is 3.27. The van der Waals surface area contributed by atoms with Crippen molar-refractivity contribution in [3.05, 3.63) is 18.0 Å². The van der Waals surface area contributed by atoms with Crippen molar-refractivity contribution in [3.8, 4) is 0 Å². The highest BCUT2D eigenvalue weighted by molar-refractivity contribution is 7.99. The van der Waals surface area contributed by atoms with Crippen LogP contribution in [0.15, 0.2) is 17.6 Å². The van der Waals surface area contributed by atoms with Crippen LogP contribution < -0.4 is 0 Å². The van der Waals surface area contributed by atoms with Gasteiger partial charge in [-0.3, -0.25) is 0 Å². The SMILES string of the molecule is Cc1cnc(SCCOCCCl)nc1. The van der Waals surface area contributed by atoms with Gasteiger partial charge in [0.05, 0.1) is 13.2 Å². The highest BCUT2D eigenvalue weighted by Gasteiger charge is 1.96. The van der Waals surface area contributed by atoms with Gasteiger partial charge in [0.2, 0.25) is 0 Å². The third kappa shape index (κ3) is 4.79. The lowest BCUT2D eigenvalue weighted by Gasteiger charge is -2.01. The molecule has 0 spiro atoms. The Morgan fingerprint density at radius 1 is 1.36 bits per heavy atom. The van der Waals surface area contributed by atoms with E-state index in [4.69, 9.17) is 16.3 Å². The van der Waals surface area contributed by atoms with Gasteiger partial charge in [0.25, 0.3) is 0 Å². The molecule has 0 aliphatic carbocycles. The molecule has 1 heterocycles. The van der Waals surface area contributed by atoms with Gasteiger partial charge in [-0.2, -0.15) is 0 Å². The molecule has 0 aliphatic heterocycles. The van der Waals surface area contributed by atoms with Gasteiger partial charge in [0, 0.05) is 24.0 Å². The molecule has 3 nitrogen and oxygen atoms in total. The summed E-state index contributed by atoms with van der Waals surface area (Å²) in [6.07, 6.45) is 3.63. The van der Waals surface area contributed by atoms with Crippen molar-refractivity contribution in [1.82, 2.24) is 9.97 Å². The second-order valence-electron chi connectivity index (χ2n) is 2.69. The van der Waals surface area contributed by atoms with E-state index in [1.54, 1.807) is 11.8 Å². The standard InChI is InChI=1S/C9H13ClN2OS/c1-8-6-11-9(12-7-8)14-5-4-13-3-2-10/h6-7H,2-5H2,1H3. The number of alkyl halides is 1. The van der Waals surface area contributed by atoms with Gasteiger partial charge in [0.1, 0.15) is 0 Å². The molecule has 0 amide bonds. The molecule has 1 rings (SSSR count). The Labute approximate surface area is 93.2 Å². The van der Waals surface area contributed by atoms with Gasteiger partial charge in [0.15, 0.2) is 5.16 Å². The number of rotatable bonds is 6. The average molecular weight is 233 g/mol. The normalized spacial score (nSPS) is 10.4. The topological polar surface area (TPSA) is 35.0 Å². The molecule has 0 aliphatic rings. The van der Waals surface area contributed by atoms with Crippen LogP contribution in [0.3, 0.4) is 0 Å². The fourth-order valence-corrected chi connectivity index (χ4v) is 1.55. The van der Waals surface area contributed by atoms with Gasteiger partial charge in [-0.05, 0) is 12.5 Å². The Morgan fingerprint density at radius 3 is 2.71 bits per heavy atom. The molecule has 1 aromatic heterocycles. The third-order valence-electron chi connectivity index (χ3n) is 1.44. The monoisotopic (exact) mass is 232 g/mol. The van der Waals surface area contributed by atoms with Crippen LogP contribution in [0.25, 0.3) is 0 Å². The van der Waals surface area contributed by atoms with E-state index in [0.29, 0.717) is 19.1 Å². The molecule has 78 valence electrons. The van der Waals surface area contributed by atoms with E-state index in [0.717, 1.165) is 16.5 Å². The van der Waals surface area contributed by atoms with Crippen molar-refractivity contribution in [2.24, 2.45) is 0 Å². The Bertz CT molecular complexity index is 255. The molecule has 5 heteroatoms. The third-order valence-corrected chi connectivity index (χ3v) is 2.43. The number of ether oxygens (including phenoxy) is 1. The second-order valence-corrected chi connectivity index (χ2v) is 4.13. The number of thioether (sulfide) groups is 1. The molecule has 0 bridgehead atoms. The first-order valence-electron chi connectivity index (χ1n) is 4.38. The van der Waals surface area contributed by atoms with Crippen molar-refractivity contribution in [2.45, 2.75) is 12.1 Å². The maximum Gasteiger partial charge on any atom is 0.187 e. The van der Waals surface area contributed by atoms with Crippen LogP contribution in [-0.2, 0) is 4.74 Å². The lowest BCUT2D eigenvalue weighted by Crippen LogP contribution is -2.00. The Kier molecular flexibility index (Phi) is 5.91. The Morgan fingerprint density at radius 2 is 2.07 bits per heavy atom. The summed E-state index contributed by atoms with van der Waals surface area (Å²) < 4.78 is 5.22. The predicted molar refractivity (Wildman–Crippen MR) is 59.0 cm³/mol. The predicted octanol–water partition coefficient (Wildman–Crippen LogP) is 2.13. The molecule has 0 aromatic carbocycles. The maximum absolute atomic E-state index is 5.46. The first-order valence-corrected chi connectivity index (χ1v) is 5.90. The number of halogens is 1. The van der Waals surface area contributed by atoms with E-state index < -0.39 is 0 Å². The summed E-state index contributed by atoms with van der Waals surface area (Å²) in [7, 11) is 0. The van der Waals surface area contributed by atoms with E-state index in [9.17, 15) is 0 Å². The second kappa shape index (κ2) is 7.04. The summed E-state index contributed by atoms with van der Waals surface area (Å²) in [5.41, 5.74) is 1.08. The van der Waals surface area contributed by atoms with Crippen LogP contribution in [0.5, 0.6) is 0 Å². The van der Waals surface area contributed by atoms with Crippen LogP contribution in [0.1, 0.15) is 5.56 Å². The van der Waals surface area contributed by atoms with E-state index in [1.165, 1.54) is 0 Å². The van der Waals surface area contributed by atoms with Crippen LogP contribution in [0.2, 0.25) is 0 Å². The van der Waals surface area contributed by atoms with Crippen molar-refractivity contribution in [2.75, 3.05) is 24.8 Å². The van der Waals surface area contributed by atoms with Crippen LogP contribution in [0, 0.1) is 6.92 Å².